The molecule has 2 nitrogen and oxygen atoms in total. The van der Waals surface area contributed by atoms with E-state index in [1.54, 1.807) is 0 Å². The van der Waals surface area contributed by atoms with Gasteiger partial charge in [-0.05, 0) is 45.2 Å². The first-order chi connectivity index (χ1) is 9.24. The summed E-state index contributed by atoms with van der Waals surface area (Å²) < 4.78 is 0. The fourth-order valence-corrected chi connectivity index (χ4v) is 3.71. The Kier molecular flexibility index (Phi) is 3.90. The molecule has 0 aromatic heterocycles. The molecule has 3 atom stereocenters. The molecular weight excluding hydrogens is 232 g/mol. The molecule has 2 heterocycles. The standard InChI is InChI=1S/C17H26N2/c1-13-6-8-15(9-7-13)14(2)18-16-10-12-19-11-4-3-5-17(16)19/h6-9,14,16-18H,3-5,10-12H2,1-2H3/t14-,16?,17?/m1/s1. The highest BCUT2D eigenvalue weighted by atomic mass is 15.2. The van der Waals surface area contributed by atoms with Gasteiger partial charge < -0.3 is 5.32 Å². The maximum absolute atomic E-state index is 3.87. The molecular formula is C17H26N2. The van der Waals surface area contributed by atoms with E-state index in [0.29, 0.717) is 12.1 Å². The van der Waals surface area contributed by atoms with E-state index in [-0.39, 0.29) is 0 Å². The van der Waals surface area contributed by atoms with Crippen LogP contribution < -0.4 is 5.32 Å². The predicted molar refractivity (Wildman–Crippen MR) is 80.3 cm³/mol. The molecule has 0 saturated carbocycles. The summed E-state index contributed by atoms with van der Waals surface area (Å²) in [5.41, 5.74) is 2.76. The van der Waals surface area contributed by atoms with E-state index in [4.69, 9.17) is 0 Å². The summed E-state index contributed by atoms with van der Waals surface area (Å²) >= 11 is 0. The van der Waals surface area contributed by atoms with Crippen LogP contribution in [0.4, 0.5) is 0 Å². The molecule has 1 N–H and O–H groups in total. The Balaban J connectivity index is 1.63. The second-order valence-corrected chi connectivity index (χ2v) is 6.29. The minimum Gasteiger partial charge on any atom is -0.306 e. The van der Waals surface area contributed by atoms with E-state index < -0.39 is 0 Å². The quantitative estimate of drug-likeness (QED) is 0.895. The van der Waals surface area contributed by atoms with Gasteiger partial charge in [0.15, 0.2) is 0 Å². The van der Waals surface area contributed by atoms with Crippen molar-refractivity contribution in [2.75, 3.05) is 13.1 Å². The number of rotatable bonds is 3. The Morgan fingerprint density at radius 1 is 1.11 bits per heavy atom. The molecule has 2 saturated heterocycles. The Labute approximate surface area is 117 Å². The second kappa shape index (κ2) is 5.64. The van der Waals surface area contributed by atoms with Crippen molar-refractivity contribution < 1.29 is 0 Å². The first-order valence-electron chi connectivity index (χ1n) is 7.81. The zero-order chi connectivity index (χ0) is 13.2. The van der Waals surface area contributed by atoms with E-state index in [2.05, 4.69) is 48.3 Å². The van der Waals surface area contributed by atoms with Crippen LogP contribution in [0.2, 0.25) is 0 Å². The van der Waals surface area contributed by atoms with Crippen LogP contribution in [-0.2, 0) is 0 Å². The number of fused-ring (bicyclic) bond motifs is 1. The molecule has 0 amide bonds. The number of hydrogen-bond acceptors (Lipinski definition) is 2. The lowest BCUT2D eigenvalue weighted by molar-refractivity contribution is 0.177. The molecule has 104 valence electrons. The molecule has 2 fully saturated rings. The highest BCUT2D eigenvalue weighted by Gasteiger charge is 2.35. The number of piperidine rings is 1. The molecule has 0 radical (unpaired) electrons. The second-order valence-electron chi connectivity index (χ2n) is 6.29. The van der Waals surface area contributed by atoms with Gasteiger partial charge in [0.05, 0.1) is 0 Å². The van der Waals surface area contributed by atoms with Crippen LogP contribution in [0.3, 0.4) is 0 Å². The van der Waals surface area contributed by atoms with Crippen molar-refractivity contribution in [3.05, 3.63) is 35.4 Å². The monoisotopic (exact) mass is 258 g/mol. The third-order valence-electron chi connectivity index (χ3n) is 4.90. The molecule has 2 aliphatic rings. The number of aryl methyl sites for hydroxylation is 1. The van der Waals surface area contributed by atoms with Crippen LogP contribution in [0, 0.1) is 6.92 Å². The lowest BCUT2D eigenvalue weighted by atomic mass is 9.97. The van der Waals surface area contributed by atoms with Crippen LogP contribution in [0.25, 0.3) is 0 Å². The lowest BCUT2D eigenvalue weighted by Crippen LogP contribution is -2.45. The number of benzene rings is 1. The van der Waals surface area contributed by atoms with Gasteiger partial charge in [0.2, 0.25) is 0 Å². The third-order valence-corrected chi connectivity index (χ3v) is 4.90. The van der Waals surface area contributed by atoms with Crippen molar-refractivity contribution in [1.82, 2.24) is 10.2 Å². The zero-order valence-electron chi connectivity index (χ0n) is 12.2. The maximum atomic E-state index is 3.87. The maximum Gasteiger partial charge on any atom is 0.0295 e. The molecule has 1 aromatic rings. The predicted octanol–water partition coefficient (Wildman–Crippen LogP) is 3.27. The Morgan fingerprint density at radius 3 is 2.68 bits per heavy atom. The Hall–Kier alpha value is -0.860. The average molecular weight is 258 g/mol. The summed E-state index contributed by atoms with van der Waals surface area (Å²) in [7, 11) is 0. The minimum atomic E-state index is 0.465. The number of nitrogens with zero attached hydrogens (tertiary/aromatic N) is 1. The van der Waals surface area contributed by atoms with Crippen molar-refractivity contribution in [2.24, 2.45) is 0 Å². The fraction of sp³-hybridized carbons (Fsp3) is 0.647. The largest absolute Gasteiger partial charge is 0.306 e. The summed E-state index contributed by atoms with van der Waals surface area (Å²) in [5, 5.41) is 3.87. The Morgan fingerprint density at radius 2 is 1.89 bits per heavy atom. The van der Waals surface area contributed by atoms with Crippen LogP contribution in [0.1, 0.15) is 49.8 Å². The molecule has 2 heteroatoms. The molecule has 19 heavy (non-hydrogen) atoms. The van der Waals surface area contributed by atoms with Gasteiger partial charge in [-0.25, -0.2) is 0 Å². The summed E-state index contributed by atoms with van der Waals surface area (Å²) in [6.45, 7) is 7.07. The lowest BCUT2D eigenvalue weighted by Gasteiger charge is -2.34. The molecule has 0 spiro atoms. The normalized spacial score (nSPS) is 29.2. The van der Waals surface area contributed by atoms with Crippen molar-refractivity contribution in [3.63, 3.8) is 0 Å². The molecule has 1 aromatic carbocycles. The van der Waals surface area contributed by atoms with Gasteiger partial charge in [-0.15, -0.1) is 0 Å². The van der Waals surface area contributed by atoms with Crippen molar-refractivity contribution in [3.8, 4) is 0 Å². The summed E-state index contributed by atoms with van der Waals surface area (Å²) in [5.74, 6) is 0. The van der Waals surface area contributed by atoms with E-state index in [1.165, 1.54) is 49.9 Å². The number of hydrogen-bond donors (Lipinski definition) is 1. The summed E-state index contributed by atoms with van der Waals surface area (Å²) in [6.07, 6.45) is 5.52. The van der Waals surface area contributed by atoms with Crippen molar-refractivity contribution in [1.29, 1.82) is 0 Å². The van der Waals surface area contributed by atoms with Crippen LogP contribution in [0.5, 0.6) is 0 Å². The molecule has 2 aliphatic heterocycles. The Bertz CT molecular complexity index is 412. The molecule has 2 unspecified atom stereocenters. The van der Waals surface area contributed by atoms with Crippen molar-refractivity contribution in [2.45, 2.75) is 57.7 Å². The van der Waals surface area contributed by atoms with Gasteiger partial charge in [-0.1, -0.05) is 36.2 Å². The van der Waals surface area contributed by atoms with Crippen molar-refractivity contribution >= 4 is 0 Å². The minimum absolute atomic E-state index is 0.465. The van der Waals surface area contributed by atoms with Gasteiger partial charge in [0, 0.05) is 24.7 Å². The van der Waals surface area contributed by atoms with Gasteiger partial charge >= 0.3 is 0 Å². The molecule has 0 bridgehead atoms. The summed E-state index contributed by atoms with van der Waals surface area (Å²) in [4.78, 5) is 2.70. The highest BCUT2D eigenvalue weighted by molar-refractivity contribution is 5.23. The van der Waals surface area contributed by atoms with Crippen LogP contribution >= 0.6 is 0 Å². The van der Waals surface area contributed by atoms with E-state index >= 15 is 0 Å². The average Bonchev–Trinajstić information content (AvgIpc) is 2.83. The first kappa shape index (κ1) is 13.1. The van der Waals surface area contributed by atoms with E-state index in [1.807, 2.05) is 0 Å². The van der Waals surface area contributed by atoms with Gasteiger partial charge in [-0.3, -0.25) is 4.90 Å². The van der Waals surface area contributed by atoms with Crippen LogP contribution in [0.15, 0.2) is 24.3 Å². The van der Waals surface area contributed by atoms with Gasteiger partial charge in [0.1, 0.15) is 0 Å². The number of nitrogens with one attached hydrogen (secondary N) is 1. The summed E-state index contributed by atoms with van der Waals surface area (Å²) in [6, 6.07) is 10.9. The highest BCUT2D eigenvalue weighted by Crippen LogP contribution is 2.28. The molecule has 0 aliphatic carbocycles. The first-order valence-corrected chi connectivity index (χ1v) is 7.81. The van der Waals surface area contributed by atoms with Gasteiger partial charge in [0.25, 0.3) is 0 Å². The van der Waals surface area contributed by atoms with Gasteiger partial charge in [-0.2, -0.15) is 0 Å². The third kappa shape index (κ3) is 2.85. The van der Waals surface area contributed by atoms with Crippen LogP contribution in [-0.4, -0.2) is 30.1 Å². The fourth-order valence-electron chi connectivity index (χ4n) is 3.71. The smallest absolute Gasteiger partial charge is 0.0295 e. The SMILES string of the molecule is Cc1ccc([C@@H](C)NC2CCN3CCCCC23)cc1. The zero-order valence-corrected chi connectivity index (χ0v) is 12.2. The van der Waals surface area contributed by atoms with E-state index in [0.717, 1.165) is 6.04 Å². The topological polar surface area (TPSA) is 15.3 Å². The molecule has 3 rings (SSSR count). The van der Waals surface area contributed by atoms with E-state index in [9.17, 15) is 0 Å².